The molecule has 0 amide bonds. The number of hydrogen-bond acceptors (Lipinski definition) is 7. The van der Waals surface area contributed by atoms with E-state index in [1.807, 2.05) is 30.3 Å². The monoisotopic (exact) mass is 456 g/mol. The van der Waals surface area contributed by atoms with E-state index in [9.17, 15) is 18.9 Å². The maximum atomic E-state index is 11.4. The van der Waals surface area contributed by atoms with Gasteiger partial charge >= 0.3 is 0 Å². The summed E-state index contributed by atoms with van der Waals surface area (Å²) in [7, 11) is -3.80. The average Bonchev–Trinajstić information content (AvgIpc) is 3.41. The molecule has 0 saturated carbocycles. The summed E-state index contributed by atoms with van der Waals surface area (Å²) in [6.45, 7) is 0. The van der Waals surface area contributed by atoms with Crippen molar-refractivity contribution in [1.82, 2.24) is 9.78 Å². The molecule has 4 aromatic rings. The van der Waals surface area contributed by atoms with Gasteiger partial charge in [0.25, 0.3) is 0 Å². The van der Waals surface area contributed by atoms with Crippen LogP contribution in [0.15, 0.2) is 76.0 Å². The van der Waals surface area contributed by atoms with Crippen LogP contribution in [0, 0.1) is 22.7 Å². The highest BCUT2D eigenvalue weighted by Gasteiger charge is 2.20. The molecule has 2 heterocycles. The standard InChI is InChI=1S/C23H16N6O3S/c24-13-16(22-20(14-25)23(26)29(28-22)17-4-2-1-3-5-17)12-18-8-11-21(32-18)15-6-9-19(10-7-15)33(27,30)31/h1-12H,26H2,(H2,27,30,31)/b16-12+. The van der Waals surface area contributed by atoms with Crippen LogP contribution in [-0.4, -0.2) is 18.2 Å². The lowest BCUT2D eigenvalue weighted by Gasteiger charge is -2.02. The maximum Gasteiger partial charge on any atom is 0.238 e. The molecule has 2 aromatic heterocycles. The van der Waals surface area contributed by atoms with Crippen LogP contribution >= 0.6 is 0 Å². The minimum Gasteiger partial charge on any atom is -0.457 e. The number of benzene rings is 2. The van der Waals surface area contributed by atoms with Crippen LogP contribution in [-0.2, 0) is 10.0 Å². The van der Waals surface area contributed by atoms with E-state index in [2.05, 4.69) is 5.10 Å². The lowest BCUT2D eigenvalue weighted by molar-refractivity contribution is 0.571. The molecule has 0 aliphatic rings. The van der Waals surface area contributed by atoms with Crippen molar-refractivity contribution in [1.29, 1.82) is 10.5 Å². The van der Waals surface area contributed by atoms with E-state index >= 15 is 0 Å². The van der Waals surface area contributed by atoms with Crippen molar-refractivity contribution >= 4 is 27.5 Å². The number of nitrogen functional groups attached to an aromatic ring is 1. The second-order valence-corrected chi connectivity index (χ2v) is 8.47. The van der Waals surface area contributed by atoms with Gasteiger partial charge in [-0.1, -0.05) is 18.2 Å². The largest absolute Gasteiger partial charge is 0.457 e. The third-order valence-electron chi connectivity index (χ3n) is 4.79. The number of anilines is 1. The summed E-state index contributed by atoms with van der Waals surface area (Å²) in [5.74, 6) is 0.915. The molecular weight excluding hydrogens is 440 g/mol. The van der Waals surface area contributed by atoms with Gasteiger partial charge in [-0.3, -0.25) is 0 Å². The fraction of sp³-hybridized carbons (Fsp3) is 0. The molecule has 2 aromatic carbocycles. The maximum absolute atomic E-state index is 11.4. The van der Waals surface area contributed by atoms with Crippen molar-refractivity contribution in [3.05, 3.63) is 83.7 Å². The van der Waals surface area contributed by atoms with Gasteiger partial charge < -0.3 is 10.2 Å². The summed E-state index contributed by atoms with van der Waals surface area (Å²) in [5.41, 5.74) is 7.71. The topological polar surface area (TPSA) is 165 Å². The van der Waals surface area contributed by atoms with Crippen molar-refractivity contribution in [3.8, 4) is 29.1 Å². The molecule has 0 atom stereocenters. The van der Waals surface area contributed by atoms with E-state index in [1.54, 1.807) is 36.4 Å². The molecular formula is C23H16N6O3S. The minimum atomic E-state index is -3.80. The highest BCUT2D eigenvalue weighted by Crippen LogP contribution is 2.29. The summed E-state index contributed by atoms with van der Waals surface area (Å²) in [6, 6.07) is 22.3. The van der Waals surface area contributed by atoms with Crippen LogP contribution in [0.25, 0.3) is 28.7 Å². The third kappa shape index (κ3) is 4.25. The van der Waals surface area contributed by atoms with Crippen molar-refractivity contribution < 1.29 is 12.8 Å². The molecule has 33 heavy (non-hydrogen) atoms. The summed E-state index contributed by atoms with van der Waals surface area (Å²) < 4.78 is 30.0. The first-order valence-electron chi connectivity index (χ1n) is 9.51. The molecule has 0 radical (unpaired) electrons. The fourth-order valence-corrected chi connectivity index (χ4v) is 3.70. The number of nitrogens with zero attached hydrogens (tertiary/aromatic N) is 4. The number of rotatable bonds is 5. The quantitative estimate of drug-likeness (QED) is 0.435. The summed E-state index contributed by atoms with van der Waals surface area (Å²) in [5, 5.41) is 28.8. The average molecular weight is 456 g/mol. The number of nitriles is 2. The van der Waals surface area contributed by atoms with Crippen LogP contribution in [0.3, 0.4) is 0 Å². The molecule has 162 valence electrons. The highest BCUT2D eigenvalue weighted by molar-refractivity contribution is 7.89. The molecule has 9 nitrogen and oxygen atoms in total. The zero-order valence-electron chi connectivity index (χ0n) is 17.0. The summed E-state index contributed by atoms with van der Waals surface area (Å²) in [4.78, 5) is -0.0136. The van der Waals surface area contributed by atoms with Gasteiger partial charge in [-0.05, 0) is 48.5 Å². The number of primary sulfonamides is 1. The van der Waals surface area contributed by atoms with Crippen molar-refractivity contribution in [2.24, 2.45) is 5.14 Å². The smallest absolute Gasteiger partial charge is 0.238 e. The SMILES string of the molecule is N#C/C(=C\c1ccc(-c2ccc(S(N)(=O)=O)cc2)o1)c1nn(-c2ccccc2)c(N)c1C#N. The normalized spacial score (nSPS) is 11.7. The lowest BCUT2D eigenvalue weighted by atomic mass is 10.1. The molecule has 4 N–H and O–H groups in total. The van der Waals surface area contributed by atoms with E-state index < -0.39 is 10.0 Å². The Labute approximate surface area is 189 Å². The van der Waals surface area contributed by atoms with Crippen LogP contribution in [0.1, 0.15) is 17.0 Å². The molecule has 0 saturated heterocycles. The molecule has 0 bridgehead atoms. The molecule has 0 aliphatic heterocycles. The highest BCUT2D eigenvalue weighted by atomic mass is 32.2. The predicted octanol–water partition coefficient (Wildman–Crippen LogP) is 3.30. The van der Waals surface area contributed by atoms with Crippen LogP contribution in [0.5, 0.6) is 0 Å². The van der Waals surface area contributed by atoms with Gasteiger partial charge in [-0.2, -0.15) is 15.6 Å². The van der Waals surface area contributed by atoms with Gasteiger partial charge in [-0.15, -0.1) is 0 Å². The first kappa shape index (κ1) is 21.6. The number of furan rings is 1. The Morgan fingerprint density at radius 1 is 1.03 bits per heavy atom. The van der Waals surface area contributed by atoms with Gasteiger partial charge in [0.15, 0.2) is 0 Å². The number of sulfonamides is 1. The van der Waals surface area contributed by atoms with Crippen LogP contribution in [0.2, 0.25) is 0 Å². The second-order valence-electron chi connectivity index (χ2n) is 6.91. The molecule has 0 aliphatic carbocycles. The summed E-state index contributed by atoms with van der Waals surface area (Å²) >= 11 is 0. The Bertz CT molecular complexity index is 1550. The fourth-order valence-electron chi connectivity index (χ4n) is 3.19. The Morgan fingerprint density at radius 3 is 2.33 bits per heavy atom. The van der Waals surface area contributed by atoms with Gasteiger partial charge in [0.1, 0.15) is 40.7 Å². The van der Waals surface area contributed by atoms with Crippen molar-refractivity contribution in [2.75, 3.05) is 5.73 Å². The van der Waals surface area contributed by atoms with Gasteiger partial charge in [-0.25, -0.2) is 18.2 Å². The first-order valence-corrected chi connectivity index (χ1v) is 11.1. The number of allylic oxidation sites excluding steroid dienone is 1. The lowest BCUT2D eigenvalue weighted by Crippen LogP contribution is -2.11. The minimum absolute atomic E-state index is 0.0136. The van der Waals surface area contributed by atoms with Crippen LogP contribution < -0.4 is 10.9 Å². The number of aromatic nitrogens is 2. The predicted molar refractivity (Wildman–Crippen MR) is 122 cm³/mol. The number of nitrogens with two attached hydrogens (primary N) is 2. The Kier molecular flexibility index (Phi) is 5.54. The van der Waals surface area contributed by atoms with E-state index in [1.165, 1.54) is 22.9 Å². The van der Waals surface area contributed by atoms with Gasteiger partial charge in [0.2, 0.25) is 10.0 Å². The zero-order valence-corrected chi connectivity index (χ0v) is 17.8. The van der Waals surface area contributed by atoms with E-state index in [-0.39, 0.29) is 27.5 Å². The Balaban J connectivity index is 1.71. The zero-order chi connectivity index (χ0) is 23.6. The van der Waals surface area contributed by atoms with Crippen molar-refractivity contribution in [3.63, 3.8) is 0 Å². The van der Waals surface area contributed by atoms with E-state index in [4.69, 9.17) is 15.3 Å². The van der Waals surface area contributed by atoms with E-state index in [0.29, 0.717) is 22.8 Å². The molecule has 0 unspecified atom stereocenters. The molecule has 0 spiro atoms. The number of para-hydroxylation sites is 1. The van der Waals surface area contributed by atoms with Crippen molar-refractivity contribution in [2.45, 2.75) is 4.90 Å². The Morgan fingerprint density at radius 2 is 1.73 bits per heavy atom. The summed E-state index contributed by atoms with van der Waals surface area (Å²) in [6.07, 6.45) is 1.46. The van der Waals surface area contributed by atoms with Gasteiger partial charge in [0, 0.05) is 11.6 Å². The number of hydrogen-bond donors (Lipinski definition) is 2. The molecule has 10 heteroatoms. The molecule has 0 fully saturated rings. The Hall–Kier alpha value is -4.64. The van der Waals surface area contributed by atoms with Crippen LogP contribution in [0.4, 0.5) is 5.82 Å². The van der Waals surface area contributed by atoms with E-state index in [0.717, 1.165) is 0 Å². The van der Waals surface area contributed by atoms with Gasteiger partial charge in [0.05, 0.1) is 16.2 Å². The second kappa shape index (κ2) is 8.48. The third-order valence-corrected chi connectivity index (χ3v) is 5.72. The first-order chi connectivity index (χ1) is 15.8. The molecule has 4 rings (SSSR count).